The normalized spacial score (nSPS) is 19.4. The average molecular weight is 280 g/mol. The van der Waals surface area contributed by atoms with Crippen molar-refractivity contribution in [2.24, 2.45) is 0 Å². The van der Waals surface area contributed by atoms with Gasteiger partial charge in [-0.05, 0) is 21.5 Å². The fraction of sp³-hybridized carbons (Fsp3) is 0.273. The van der Waals surface area contributed by atoms with Crippen molar-refractivity contribution in [1.82, 2.24) is 14.8 Å². The zero-order valence-corrected chi connectivity index (χ0v) is 10.1. The van der Waals surface area contributed by atoms with Crippen LogP contribution in [-0.4, -0.2) is 21.4 Å². The van der Waals surface area contributed by atoms with Gasteiger partial charge < -0.3 is 4.74 Å². The molecule has 2 aromatic rings. The molecular weight excluding hydrogens is 270 g/mol. The van der Waals surface area contributed by atoms with Gasteiger partial charge in [-0.3, -0.25) is 0 Å². The van der Waals surface area contributed by atoms with Gasteiger partial charge in [-0.1, -0.05) is 30.3 Å². The lowest BCUT2D eigenvalue weighted by Gasteiger charge is -2.22. The Morgan fingerprint density at radius 1 is 1.31 bits per heavy atom. The van der Waals surface area contributed by atoms with Crippen LogP contribution in [-0.2, 0) is 11.3 Å². The van der Waals surface area contributed by atoms with Crippen LogP contribution < -0.4 is 0 Å². The molecule has 0 amide bonds. The van der Waals surface area contributed by atoms with E-state index in [1.54, 1.807) is 0 Å². The summed E-state index contributed by atoms with van der Waals surface area (Å²) in [6.45, 7) is 1.43. The number of benzene rings is 1. The molecule has 16 heavy (non-hydrogen) atoms. The molecular formula is C11H10BrN3O. The summed E-state index contributed by atoms with van der Waals surface area (Å²) in [5.41, 5.74) is 1.11. The minimum absolute atomic E-state index is 0.103. The average Bonchev–Trinajstić information content (AvgIpc) is 2.70. The van der Waals surface area contributed by atoms with Gasteiger partial charge >= 0.3 is 0 Å². The highest BCUT2D eigenvalue weighted by Crippen LogP contribution is 2.28. The first kappa shape index (κ1) is 9.99. The quantitative estimate of drug-likeness (QED) is 0.803. The van der Waals surface area contributed by atoms with Crippen molar-refractivity contribution >= 4 is 15.9 Å². The van der Waals surface area contributed by atoms with Crippen molar-refractivity contribution in [1.29, 1.82) is 0 Å². The van der Waals surface area contributed by atoms with Crippen LogP contribution in [0.4, 0.5) is 0 Å². The van der Waals surface area contributed by atoms with Gasteiger partial charge in [0.25, 0.3) is 0 Å². The molecule has 0 radical (unpaired) electrons. The van der Waals surface area contributed by atoms with Gasteiger partial charge in [0.05, 0.1) is 13.2 Å². The topological polar surface area (TPSA) is 39.9 Å². The molecule has 1 aromatic heterocycles. The minimum atomic E-state index is -0.103. The number of ether oxygens (including phenoxy) is 1. The Hall–Kier alpha value is -1.20. The molecule has 4 nitrogen and oxygen atoms in total. The molecule has 82 valence electrons. The van der Waals surface area contributed by atoms with Gasteiger partial charge in [-0.25, -0.2) is 9.67 Å². The van der Waals surface area contributed by atoms with E-state index in [2.05, 4.69) is 26.0 Å². The van der Waals surface area contributed by atoms with E-state index in [0.717, 1.165) is 17.9 Å². The number of fused-ring (bicyclic) bond motifs is 1. The molecule has 1 atom stereocenters. The first-order valence-electron chi connectivity index (χ1n) is 5.11. The van der Waals surface area contributed by atoms with Crippen molar-refractivity contribution in [3.8, 4) is 0 Å². The Bertz CT molecular complexity index is 497. The zero-order chi connectivity index (χ0) is 11.0. The lowest BCUT2D eigenvalue weighted by molar-refractivity contribution is 0.0390. The second-order valence-corrected chi connectivity index (χ2v) is 4.33. The van der Waals surface area contributed by atoms with Crippen molar-refractivity contribution < 1.29 is 4.74 Å². The summed E-state index contributed by atoms with van der Waals surface area (Å²) in [6, 6.07) is 10.1. The number of rotatable bonds is 1. The van der Waals surface area contributed by atoms with Crippen LogP contribution in [0.5, 0.6) is 0 Å². The molecule has 1 aliphatic rings. The highest BCUT2D eigenvalue weighted by molar-refractivity contribution is 9.10. The third-order valence-corrected chi connectivity index (χ3v) is 2.93. The number of nitrogens with zero attached hydrogens (tertiary/aromatic N) is 3. The Kier molecular flexibility index (Phi) is 2.49. The fourth-order valence-electron chi connectivity index (χ4n) is 1.89. The van der Waals surface area contributed by atoms with Crippen molar-refractivity contribution in [2.45, 2.75) is 12.6 Å². The van der Waals surface area contributed by atoms with Crippen LogP contribution >= 0.6 is 15.9 Å². The highest BCUT2D eigenvalue weighted by Gasteiger charge is 2.25. The lowest BCUT2D eigenvalue weighted by atomic mass is 10.1. The lowest BCUT2D eigenvalue weighted by Crippen LogP contribution is -2.23. The molecule has 0 bridgehead atoms. The van der Waals surface area contributed by atoms with Crippen molar-refractivity contribution in [3.63, 3.8) is 0 Å². The summed E-state index contributed by atoms with van der Waals surface area (Å²) in [7, 11) is 0. The molecule has 2 heterocycles. The van der Waals surface area contributed by atoms with E-state index in [9.17, 15) is 0 Å². The largest absolute Gasteiger partial charge is 0.364 e. The van der Waals surface area contributed by atoms with E-state index in [1.165, 1.54) is 0 Å². The Morgan fingerprint density at radius 3 is 2.94 bits per heavy atom. The molecule has 0 spiro atoms. The van der Waals surface area contributed by atoms with Gasteiger partial charge in [-0.2, -0.15) is 0 Å². The Labute approximate surface area is 101 Å². The molecule has 1 aromatic carbocycles. The number of aromatic nitrogens is 3. The molecule has 0 fully saturated rings. The maximum Gasteiger partial charge on any atom is 0.217 e. The van der Waals surface area contributed by atoms with Crippen LogP contribution in [0, 0.1) is 0 Å². The van der Waals surface area contributed by atoms with Crippen LogP contribution in [0.15, 0.2) is 35.1 Å². The summed E-state index contributed by atoms with van der Waals surface area (Å²) in [5, 5.41) is 4.27. The van der Waals surface area contributed by atoms with Crippen LogP contribution in [0.3, 0.4) is 0 Å². The summed E-state index contributed by atoms with van der Waals surface area (Å²) < 4.78 is 8.27. The van der Waals surface area contributed by atoms with E-state index in [0.29, 0.717) is 11.3 Å². The highest BCUT2D eigenvalue weighted by atomic mass is 79.9. The molecule has 0 aliphatic carbocycles. The zero-order valence-electron chi connectivity index (χ0n) is 8.51. The SMILES string of the molecule is Brc1nc2n(n1)CCOC2c1ccccc1. The first-order chi connectivity index (χ1) is 7.84. The van der Waals surface area contributed by atoms with Gasteiger partial charge in [0.2, 0.25) is 4.73 Å². The van der Waals surface area contributed by atoms with Gasteiger partial charge in [0, 0.05) is 0 Å². The molecule has 1 aliphatic heterocycles. The monoisotopic (exact) mass is 279 g/mol. The van der Waals surface area contributed by atoms with Crippen LogP contribution in [0.2, 0.25) is 0 Å². The molecule has 3 rings (SSSR count). The standard InChI is InChI=1S/C11H10BrN3O/c12-11-13-10-9(8-4-2-1-3-5-8)16-7-6-15(10)14-11/h1-5,9H,6-7H2. The maximum atomic E-state index is 5.76. The summed E-state index contributed by atoms with van der Waals surface area (Å²) in [5.74, 6) is 0.865. The van der Waals surface area contributed by atoms with Gasteiger partial charge in [0.15, 0.2) is 5.82 Å². The predicted octanol–water partition coefficient (Wildman–Crippen LogP) is 2.16. The second-order valence-electron chi connectivity index (χ2n) is 3.62. The fourth-order valence-corrected chi connectivity index (χ4v) is 2.26. The molecule has 0 saturated carbocycles. The number of hydrogen-bond donors (Lipinski definition) is 0. The van der Waals surface area contributed by atoms with Crippen molar-refractivity contribution in [2.75, 3.05) is 6.61 Å². The van der Waals surface area contributed by atoms with Crippen LogP contribution in [0.1, 0.15) is 17.5 Å². The Morgan fingerprint density at radius 2 is 2.12 bits per heavy atom. The second kappa shape index (κ2) is 3.99. The molecule has 1 unspecified atom stereocenters. The predicted molar refractivity (Wildman–Crippen MR) is 62.0 cm³/mol. The van der Waals surface area contributed by atoms with Crippen molar-refractivity contribution in [3.05, 3.63) is 46.5 Å². The molecule has 5 heteroatoms. The van der Waals surface area contributed by atoms with E-state index in [1.807, 2.05) is 35.0 Å². The summed E-state index contributed by atoms with van der Waals surface area (Å²) >= 11 is 3.29. The first-order valence-corrected chi connectivity index (χ1v) is 5.91. The maximum absolute atomic E-state index is 5.76. The smallest absolute Gasteiger partial charge is 0.217 e. The summed E-state index contributed by atoms with van der Waals surface area (Å²) in [4.78, 5) is 4.35. The molecule has 0 saturated heterocycles. The van der Waals surface area contributed by atoms with E-state index in [4.69, 9.17) is 4.74 Å². The Balaban J connectivity index is 2.05. The van der Waals surface area contributed by atoms with E-state index < -0.39 is 0 Å². The molecule has 0 N–H and O–H groups in total. The third kappa shape index (κ3) is 1.66. The van der Waals surface area contributed by atoms with E-state index >= 15 is 0 Å². The van der Waals surface area contributed by atoms with Gasteiger partial charge in [-0.15, -0.1) is 5.10 Å². The number of halogens is 1. The number of hydrogen-bond acceptors (Lipinski definition) is 3. The third-order valence-electron chi connectivity index (χ3n) is 2.60. The van der Waals surface area contributed by atoms with Gasteiger partial charge in [0.1, 0.15) is 6.10 Å². The summed E-state index contributed by atoms with van der Waals surface area (Å²) in [6.07, 6.45) is -0.103. The minimum Gasteiger partial charge on any atom is -0.364 e. The van der Waals surface area contributed by atoms with E-state index in [-0.39, 0.29) is 6.10 Å². The van der Waals surface area contributed by atoms with Crippen LogP contribution in [0.25, 0.3) is 0 Å².